The van der Waals surface area contributed by atoms with Crippen molar-refractivity contribution >= 4 is 0 Å². The molecule has 1 aliphatic carbocycles. The maximum atomic E-state index is 3.95. The van der Waals surface area contributed by atoms with Crippen LogP contribution in [0.1, 0.15) is 44.9 Å². The molecular weight excluding hydrogens is 200 g/mol. The molecule has 0 spiro atoms. The molecule has 0 bridgehead atoms. The van der Waals surface area contributed by atoms with E-state index in [1.165, 1.54) is 38.5 Å². The van der Waals surface area contributed by atoms with Crippen LogP contribution in [0.3, 0.4) is 0 Å². The maximum absolute atomic E-state index is 3.95. The molecule has 2 rings (SSSR count). The Morgan fingerprint density at radius 3 is 2.69 bits per heavy atom. The Labute approximate surface area is 97.4 Å². The summed E-state index contributed by atoms with van der Waals surface area (Å²) in [5, 5.41) is 11.4. The van der Waals surface area contributed by atoms with E-state index in [2.05, 4.69) is 15.6 Å². The fraction of sp³-hybridized carbons (Fsp3) is 0.833. The van der Waals surface area contributed by atoms with Crippen LogP contribution >= 0.6 is 0 Å². The van der Waals surface area contributed by atoms with Crippen molar-refractivity contribution in [3.8, 4) is 0 Å². The number of aromatic nitrogens is 3. The molecule has 0 aromatic carbocycles. The second-order valence-electron chi connectivity index (χ2n) is 4.66. The standard InChI is InChI=1S/C12H22N4/c1-2-4-7-12(6-3-1)13-8-5-10-16-11-9-14-15-16/h9,11-13H,1-8,10H2. The minimum atomic E-state index is 0.762. The predicted octanol–water partition coefficient (Wildman–Crippen LogP) is 1.98. The Kier molecular flexibility index (Phi) is 4.80. The van der Waals surface area contributed by atoms with Gasteiger partial charge in [-0.2, -0.15) is 0 Å². The summed E-state index contributed by atoms with van der Waals surface area (Å²) in [7, 11) is 0. The molecule has 1 aromatic heterocycles. The number of hydrogen-bond donors (Lipinski definition) is 1. The fourth-order valence-corrected chi connectivity index (χ4v) is 2.38. The minimum absolute atomic E-state index is 0.762. The second kappa shape index (κ2) is 6.63. The van der Waals surface area contributed by atoms with Crippen LogP contribution in [0.2, 0.25) is 0 Å². The largest absolute Gasteiger partial charge is 0.314 e. The summed E-state index contributed by atoms with van der Waals surface area (Å²) in [4.78, 5) is 0. The highest BCUT2D eigenvalue weighted by atomic mass is 15.4. The zero-order valence-corrected chi connectivity index (χ0v) is 9.94. The van der Waals surface area contributed by atoms with Crippen LogP contribution in [-0.4, -0.2) is 27.6 Å². The van der Waals surface area contributed by atoms with Gasteiger partial charge < -0.3 is 5.32 Å². The molecule has 0 amide bonds. The maximum Gasteiger partial charge on any atom is 0.0692 e. The summed E-state index contributed by atoms with van der Waals surface area (Å²) in [6.07, 6.45) is 13.2. The predicted molar refractivity (Wildman–Crippen MR) is 64.1 cm³/mol. The zero-order valence-electron chi connectivity index (χ0n) is 9.94. The summed E-state index contributed by atoms with van der Waals surface area (Å²) in [6, 6.07) is 0.762. The van der Waals surface area contributed by atoms with Crippen LogP contribution in [0.5, 0.6) is 0 Å². The molecule has 1 heterocycles. The van der Waals surface area contributed by atoms with Gasteiger partial charge in [-0.15, -0.1) is 5.10 Å². The van der Waals surface area contributed by atoms with E-state index in [4.69, 9.17) is 0 Å². The molecule has 1 aromatic rings. The molecule has 4 nitrogen and oxygen atoms in total. The van der Waals surface area contributed by atoms with Crippen LogP contribution in [-0.2, 0) is 6.54 Å². The van der Waals surface area contributed by atoms with Crippen molar-refractivity contribution < 1.29 is 0 Å². The first-order valence-electron chi connectivity index (χ1n) is 6.52. The normalized spacial score (nSPS) is 18.5. The fourth-order valence-electron chi connectivity index (χ4n) is 2.38. The van der Waals surface area contributed by atoms with Crippen molar-refractivity contribution in [2.75, 3.05) is 6.54 Å². The van der Waals surface area contributed by atoms with Gasteiger partial charge in [0, 0.05) is 18.8 Å². The van der Waals surface area contributed by atoms with E-state index < -0.39 is 0 Å². The summed E-state index contributed by atoms with van der Waals surface area (Å²) < 4.78 is 1.90. The van der Waals surface area contributed by atoms with E-state index in [0.29, 0.717) is 0 Å². The van der Waals surface area contributed by atoms with Crippen molar-refractivity contribution in [3.05, 3.63) is 12.4 Å². The third-order valence-electron chi connectivity index (χ3n) is 3.32. The van der Waals surface area contributed by atoms with E-state index >= 15 is 0 Å². The topological polar surface area (TPSA) is 42.7 Å². The van der Waals surface area contributed by atoms with Gasteiger partial charge in [0.25, 0.3) is 0 Å². The van der Waals surface area contributed by atoms with Crippen LogP contribution in [0, 0.1) is 0 Å². The first-order valence-corrected chi connectivity index (χ1v) is 6.52. The van der Waals surface area contributed by atoms with Crippen LogP contribution < -0.4 is 5.32 Å². The molecule has 1 N–H and O–H groups in total. The van der Waals surface area contributed by atoms with Gasteiger partial charge in [0.1, 0.15) is 0 Å². The van der Waals surface area contributed by atoms with E-state index in [9.17, 15) is 0 Å². The van der Waals surface area contributed by atoms with Gasteiger partial charge in [-0.3, -0.25) is 4.68 Å². The average molecular weight is 222 g/mol. The number of aryl methyl sites for hydroxylation is 1. The molecule has 1 aliphatic rings. The number of hydrogen-bond acceptors (Lipinski definition) is 3. The van der Waals surface area contributed by atoms with E-state index in [-0.39, 0.29) is 0 Å². The smallest absolute Gasteiger partial charge is 0.0692 e. The molecule has 0 saturated heterocycles. The molecule has 0 radical (unpaired) electrons. The van der Waals surface area contributed by atoms with Crippen LogP contribution in [0.25, 0.3) is 0 Å². The lowest BCUT2D eigenvalue weighted by Gasteiger charge is -2.15. The Hall–Kier alpha value is -0.900. The van der Waals surface area contributed by atoms with Crippen molar-refractivity contribution in [2.45, 2.75) is 57.5 Å². The summed E-state index contributed by atoms with van der Waals surface area (Å²) in [5.74, 6) is 0. The van der Waals surface area contributed by atoms with Crippen LogP contribution in [0.4, 0.5) is 0 Å². The summed E-state index contributed by atoms with van der Waals surface area (Å²) >= 11 is 0. The third-order valence-corrected chi connectivity index (χ3v) is 3.32. The van der Waals surface area contributed by atoms with Gasteiger partial charge in [0.2, 0.25) is 0 Å². The molecule has 4 heteroatoms. The lowest BCUT2D eigenvalue weighted by atomic mass is 10.1. The molecule has 90 valence electrons. The van der Waals surface area contributed by atoms with Gasteiger partial charge in [0.15, 0.2) is 0 Å². The van der Waals surface area contributed by atoms with Crippen molar-refractivity contribution in [1.29, 1.82) is 0 Å². The van der Waals surface area contributed by atoms with Crippen molar-refractivity contribution in [1.82, 2.24) is 20.3 Å². The molecule has 0 aliphatic heterocycles. The first-order chi connectivity index (χ1) is 7.95. The molecule has 16 heavy (non-hydrogen) atoms. The number of rotatable bonds is 5. The SMILES string of the molecule is c1cn(CCCNC2CCCCCC2)nn1. The van der Waals surface area contributed by atoms with Gasteiger partial charge in [0.05, 0.1) is 6.20 Å². The van der Waals surface area contributed by atoms with E-state index in [1.807, 2.05) is 10.9 Å². The number of nitrogens with one attached hydrogen (secondary N) is 1. The van der Waals surface area contributed by atoms with Crippen molar-refractivity contribution in [2.24, 2.45) is 0 Å². The zero-order chi connectivity index (χ0) is 11.1. The summed E-state index contributed by atoms with van der Waals surface area (Å²) in [5.41, 5.74) is 0. The summed E-state index contributed by atoms with van der Waals surface area (Å²) in [6.45, 7) is 2.07. The monoisotopic (exact) mass is 222 g/mol. The van der Waals surface area contributed by atoms with E-state index in [0.717, 1.165) is 25.6 Å². The quantitative estimate of drug-likeness (QED) is 0.612. The molecule has 1 saturated carbocycles. The Bertz CT molecular complexity index is 263. The lowest BCUT2D eigenvalue weighted by molar-refractivity contribution is 0.438. The Balaban J connectivity index is 1.56. The molecule has 0 atom stereocenters. The molecule has 1 fully saturated rings. The van der Waals surface area contributed by atoms with Crippen LogP contribution in [0.15, 0.2) is 12.4 Å². The lowest BCUT2D eigenvalue weighted by Crippen LogP contribution is -2.29. The van der Waals surface area contributed by atoms with Crippen molar-refractivity contribution in [3.63, 3.8) is 0 Å². The van der Waals surface area contributed by atoms with Gasteiger partial charge in [-0.05, 0) is 25.8 Å². The molecule has 0 unspecified atom stereocenters. The third kappa shape index (κ3) is 3.93. The van der Waals surface area contributed by atoms with Gasteiger partial charge >= 0.3 is 0 Å². The van der Waals surface area contributed by atoms with Gasteiger partial charge in [-0.1, -0.05) is 30.9 Å². The highest BCUT2D eigenvalue weighted by Crippen LogP contribution is 2.16. The van der Waals surface area contributed by atoms with Gasteiger partial charge in [-0.25, -0.2) is 0 Å². The number of nitrogens with zero attached hydrogens (tertiary/aromatic N) is 3. The minimum Gasteiger partial charge on any atom is -0.314 e. The highest BCUT2D eigenvalue weighted by molar-refractivity contribution is 4.70. The second-order valence-corrected chi connectivity index (χ2v) is 4.66. The Morgan fingerprint density at radius 2 is 2.00 bits per heavy atom. The average Bonchev–Trinajstić information content (AvgIpc) is 2.68. The Morgan fingerprint density at radius 1 is 1.19 bits per heavy atom. The first kappa shape index (κ1) is 11.6. The van der Waals surface area contributed by atoms with E-state index in [1.54, 1.807) is 6.20 Å². The molecular formula is C12H22N4. The highest BCUT2D eigenvalue weighted by Gasteiger charge is 2.10.